The molecule has 1 N–H and O–H groups in total. The van der Waals surface area contributed by atoms with Crippen LogP contribution in [-0.2, 0) is 10.2 Å². The van der Waals surface area contributed by atoms with Gasteiger partial charge in [-0.05, 0) is 75.3 Å². The standard InChI is InChI=1S/C24H29NO2/c1-18-8-10-19(11-9-18)24(16-4-5-17-24)23(26)25-20-12-14-22(15-13-20)27-21-6-2-3-7-21/h8-15,21H,2-7,16-17H2,1H3,(H,25,26). The number of benzene rings is 2. The number of hydrogen-bond donors (Lipinski definition) is 1. The molecule has 2 aromatic rings. The van der Waals surface area contributed by atoms with Crippen molar-refractivity contribution in [1.29, 1.82) is 0 Å². The number of rotatable bonds is 5. The van der Waals surface area contributed by atoms with E-state index in [9.17, 15) is 4.79 Å². The maximum Gasteiger partial charge on any atom is 0.235 e. The van der Waals surface area contributed by atoms with Gasteiger partial charge in [-0.15, -0.1) is 0 Å². The third-order valence-electron chi connectivity index (χ3n) is 6.21. The predicted octanol–water partition coefficient (Wildman–Crippen LogP) is 5.77. The molecule has 0 unspecified atom stereocenters. The summed E-state index contributed by atoms with van der Waals surface area (Å²) in [6.07, 6.45) is 9.24. The maximum atomic E-state index is 13.2. The molecule has 3 nitrogen and oxygen atoms in total. The first-order valence-electron chi connectivity index (χ1n) is 10.3. The molecule has 0 spiro atoms. The number of carbonyl (C=O) groups is 1. The average molecular weight is 364 g/mol. The second kappa shape index (κ2) is 7.75. The second-order valence-corrected chi connectivity index (χ2v) is 8.16. The van der Waals surface area contributed by atoms with Crippen LogP contribution in [-0.4, -0.2) is 12.0 Å². The van der Waals surface area contributed by atoms with E-state index in [1.807, 2.05) is 24.3 Å². The van der Waals surface area contributed by atoms with Crippen LogP contribution < -0.4 is 10.1 Å². The van der Waals surface area contributed by atoms with Crippen LogP contribution in [0.4, 0.5) is 5.69 Å². The highest BCUT2D eigenvalue weighted by Crippen LogP contribution is 2.42. The molecule has 27 heavy (non-hydrogen) atoms. The zero-order chi connectivity index (χ0) is 18.7. The number of aryl methyl sites for hydroxylation is 1. The summed E-state index contributed by atoms with van der Waals surface area (Å²) in [6.45, 7) is 2.08. The van der Waals surface area contributed by atoms with Gasteiger partial charge in [-0.25, -0.2) is 0 Å². The molecule has 142 valence electrons. The summed E-state index contributed by atoms with van der Waals surface area (Å²) in [5.41, 5.74) is 2.82. The van der Waals surface area contributed by atoms with Crippen molar-refractivity contribution in [2.24, 2.45) is 0 Å². The molecule has 2 aromatic carbocycles. The Morgan fingerprint density at radius 1 is 0.926 bits per heavy atom. The molecule has 0 saturated heterocycles. The van der Waals surface area contributed by atoms with E-state index in [0.29, 0.717) is 6.10 Å². The van der Waals surface area contributed by atoms with Gasteiger partial charge in [-0.1, -0.05) is 42.7 Å². The Hall–Kier alpha value is -2.29. The number of ether oxygens (including phenoxy) is 1. The summed E-state index contributed by atoms with van der Waals surface area (Å²) in [7, 11) is 0. The minimum Gasteiger partial charge on any atom is -0.490 e. The van der Waals surface area contributed by atoms with Crippen LogP contribution in [0.15, 0.2) is 48.5 Å². The summed E-state index contributed by atoms with van der Waals surface area (Å²) in [6, 6.07) is 16.3. The van der Waals surface area contributed by atoms with Crippen molar-refractivity contribution >= 4 is 11.6 Å². The summed E-state index contributed by atoms with van der Waals surface area (Å²) in [5.74, 6) is 1.02. The molecule has 0 aliphatic heterocycles. The van der Waals surface area contributed by atoms with Gasteiger partial charge in [0.1, 0.15) is 5.75 Å². The van der Waals surface area contributed by atoms with Crippen LogP contribution in [0.2, 0.25) is 0 Å². The zero-order valence-electron chi connectivity index (χ0n) is 16.2. The highest BCUT2D eigenvalue weighted by atomic mass is 16.5. The van der Waals surface area contributed by atoms with Crippen molar-refractivity contribution in [3.8, 4) is 5.75 Å². The van der Waals surface area contributed by atoms with Crippen LogP contribution in [0.5, 0.6) is 5.75 Å². The van der Waals surface area contributed by atoms with Crippen LogP contribution in [0, 0.1) is 6.92 Å². The Labute approximate surface area is 162 Å². The second-order valence-electron chi connectivity index (χ2n) is 8.16. The molecule has 0 aromatic heterocycles. The van der Waals surface area contributed by atoms with Gasteiger partial charge < -0.3 is 10.1 Å². The lowest BCUT2D eigenvalue weighted by Crippen LogP contribution is -2.38. The first-order valence-corrected chi connectivity index (χ1v) is 10.3. The summed E-state index contributed by atoms with van der Waals surface area (Å²) < 4.78 is 6.02. The monoisotopic (exact) mass is 363 g/mol. The van der Waals surface area contributed by atoms with Gasteiger partial charge in [-0.3, -0.25) is 4.79 Å². The lowest BCUT2D eigenvalue weighted by molar-refractivity contribution is -0.121. The Morgan fingerprint density at radius 2 is 1.56 bits per heavy atom. The molecule has 0 radical (unpaired) electrons. The molecular weight excluding hydrogens is 334 g/mol. The Kier molecular flexibility index (Phi) is 5.20. The van der Waals surface area contributed by atoms with Crippen molar-refractivity contribution in [1.82, 2.24) is 0 Å². The molecule has 1 amide bonds. The largest absolute Gasteiger partial charge is 0.490 e. The fourth-order valence-electron chi connectivity index (χ4n) is 4.56. The number of nitrogens with one attached hydrogen (secondary N) is 1. The predicted molar refractivity (Wildman–Crippen MR) is 109 cm³/mol. The minimum absolute atomic E-state index is 0.119. The topological polar surface area (TPSA) is 38.3 Å². The average Bonchev–Trinajstić information content (AvgIpc) is 3.36. The van der Waals surface area contributed by atoms with Crippen LogP contribution in [0.25, 0.3) is 0 Å². The van der Waals surface area contributed by atoms with Crippen LogP contribution in [0.3, 0.4) is 0 Å². The third kappa shape index (κ3) is 3.87. The van der Waals surface area contributed by atoms with Gasteiger partial charge in [0.25, 0.3) is 0 Å². The van der Waals surface area contributed by atoms with Crippen molar-refractivity contribution in [3.05, 3.63) is 59.7 Å². The van der Waals surface area contributed by atoms with E-state index >= 15 is 0 Å². The smallest absolute Gasteiger partial charge is 0.235 e. The molecule has 2 saturated carbocycles. The van der Waals surface area contributed by atoms with E-state index in [1.165, 1.54) is 18.4 Å². The van der Waals surface area contributed by atoms with Crippen LogP contribution in [0.1, 0.15) is 62.5 Å². The van der Waals surface area contributed by atoms with Crippen LogP contribution >= 0.6 is 0 Å². The molecule has 2 fully saturated rings. The van der Waals surface area contributed by atoms with E-state index in [4.69, 9.17) is 4.74 Å². The van der Waals surface area contributed by atoms with E-state index in [1.54, 1.807) is 0 Å². The van der Waals surface area contributed by atoms with Crippen molar-refractivity contribution < 1.29 is 9.53 Å². The first kappa shape index (κ1) is 18.1. The molecule has 0 atom stereocenters. The Morgan fingerprint density at radius 3 is 2.19 bits per heavy atom. The molecular formula is C24H29NO2. The normalized spacial score (nSPS) is 19.1. The van der Waals surface area contributed by atoms with Gasteiger partial charge in [0.05, 0.1) is 11.5 Å². The van der Waals surface area contributed by atoms with E-state index in [-0.39, 0.29) is 5.91 Å². The van der Waals surface area contributed by atoms with Gasteiger partial charge >= 0.3 is 0 Å². The zero-order valence-corrected chi connectivity index (χ0v) is 16.2. The van der Waals surface area contributed by atoms with Crippen molar-refractivity contribution in [2.75, 3.05) is 5.32 Å². The fraction of sp³-hybridized carbons (Fsp3) is 0.458. The first-order chi connectivity index (χ1) is 13.2. The molecule has 0 bridgehead atoms. The summed E-state index contributed by atoms with van der Waals surface area (Å²) in [5, 5.41) is 3.16. The number of anilines is 1. The Bertz CT molecular complexity index is 767. The van der Waals surface area contributed by atoms with Crippen molar-refractivity contribution in [2.45, 2.75) is 69.8 Å². The molecule has 3 heteroatoms. The molecule has 4 rings (SSSR count). The van der Waals surface area contributed by atoms with Gasteiger partial charge in [0.15, 0.2) is 0 Å². The van der Waals surface area contributed by atoms with E-state index in [2.05, 4.69) is 36.5 Å². The maximum absolute atomic E-state index is 13.2. The van der Waals surface area contributed by atoms with Gasteiger partial charge in [0, 0.05) is 5.69 Å². The van der Waals surface area contributed by atoms with Gasteiger partial charge in [-0.2, -0.15) is 0 Å². The SMILES string of the molecule is Cc1ccc(C2(C(=O)Nc3ccc(OC4CCCC4)cc3)CCCC2)cc1. The van der Waals surface area contributed by atoms with Crippen molar-refractivity contribution in [3.63, 3.8) is 0 Å². The highest BCUT2D eigenvalue weighted by molar-refractivity contribution is 5.99. The number of amides is 1. The lowest BCUT2D eigenvalue weighted by atomic mass is 9.77. The fourth-order valence-corrected chi connectivity index (χ4v) is 4.56. The number of hydrogen-bond acceptors (Lipinski definition) is 2. The molecule has 0 heterocycles. The lowest BCUT2D eigenvalue weighted by Gasteiger charge is -2.28. The number of carbonyl (C=O) groups excluding carboxylic acids is 1. The third-order valence-corrected chi connectivity index (χ3v) is 6.21. The quantitative estimate of drug-likeness (QED) is 0.732. The summed E-state index contributed by atoms with van der Waals surface area (Å²) in [4.78, 5) is 13.2. The molecule has 2 aliphatic carbocycles. The minimum atomic E-state index is -0.396. The Balaban J connectivity index is 1.47. The summed E-state index contributed by atoms with van der Waals surface area (Å²) >= 11 is 0. The van der Waals surface area contributed by atoms with Gasteiger partial charge in [0.2, 0.25) is 5.91 Å². The highest BCUT2D eigenvalue weighted by Gasteiger charge is 2.42. The van der Waals surface area contributed by atoms with E-state index < -0.39 is 5.41 Å². The molecule has 2 aliphatic rings. The van der Waals surface area contributed by atoms with E-state index in [0.717, 1.165) is 55.5 Å².